The number of hydrogen-bond donors (Lipinski definition) is 7. The molecule has 182 valence electrons. The molecule has 7 N–H and O–H groups in total. The standard InChI is InChI=1S/C19H28O13/c1-27-10-4-8(3-9(21)15(10)28-2)31-17-14(24)13(23)12(22)11(32-17)5-29-18-16(25)19(26,6-20)7-30-18/h3-4,11-14,16-18,20-26H,5-7H2,1-2H3. The lowest BCUT2D eigenvalue weighted by atomic mass is 9.99. The van der Waals surface area contributed by atoms with E-state index in [0.29, 0.717) is 0 Å². The minimum atomic E-state index is -1.90. The molecule has 0 aliphatic carbocycles. The number of aliphatic hydroxyl groups is 6. The fourth-order valence-electron chi connectivity index (χ4n) is 3.40. The molecule has 0 bridgehead atoms. The van der Waals surface area contributed by atoms with E-state index in [0.717, 1.165) is 0 Å². The molecule has 2 saturated heterocycles. The molecule has 1 aromatic rings. The van der Waals surface area contributed by atoms with E-state index in [1.54, 1.807) is 0 Å². The Balaban J connectivity index is 1.69. The summed E-state index contributed by atoms with van der Waals surface area (Å²) in [5.41, 5.74) is -1.90. The average Bonchev–Trinajstić information content (AvgIpc) is 3.07. The fourth-order valence-corrected chi connectivity index (χ4v) is 3.40. The molecule has 0 amide bonds. The van der Waals surface area contributed by atoms with Gasteiger partial charge in [0.2, 0.25) is 12.0 Å². The number of rotatable bonds is 8. The lowest BCUT2D eigenvalue weighted by molar-refractivity contribution is -0.289. The first-order valence-corrected chi connectivity index (χ1v) is 9.71. The molecule has 13 nitrogen and oxygen atoms in total. The highest BCUT2D eigenvalue weighted by atomic mass is 16.7. The fraction of sp³-hybridized carbons (Fsp3) is 0.684. The van der Waals surface area contributed by atoms with Crippen LogP contribution in [0.3, 0.4) is 0 Å². The largest absolute Gasteiger partial charge is 0.504 e. The van der Waals surface area contributed by atoms with Crippen molar-refractivity contribution in [2.24, 2.45) is 0 Å². The number of phenolic OH excluding ortho intramolecular Hbond substituents is 1. The van der Waals surface area contributed by atoms with Crippen LogP contribution in [0.2, 0.25) is 0 Å². The highest BCUT2D eigenvalue weighted by Gasteiger charge is 2.50. The van der Waals surface area contributed by atoms with Crippen molar-refractivity contribution in [1.82, 2.24) is 0 Å². The second-order valence-corrected chi connectivity index (χ2v) is 7.53. The van der Waals surface area contributed by atoms with E-state index in [1.807, 2.05) is 0 Å². The van der Waals surface area contributed by atoms with Crippen LogP contribution >= 0.6 is 0 Å². The highest BCUT2D eigenvalue weighted by Crippen LogP contribution is 2.41. The van der Waals surface area contributed by atoms with Gasteiger partial charge in [0, 0.05) is 12.1 Å². The predicted octanol–water partition coefficient (Wildman–Crippen LogP) is -2.95. The highest BCUT2D eigenvalue weighted by molar-refractivity contribution is 5.55. The van der Waals surface area contributed by atoms with Crippen LogP contribution in [0.4, 0.5) is 0 Å². The molecule has 2 heterocycles. The first kappa shape index (κ1) is 24.7. The van der Waals surface area contributed by atoms with Crippen molar-refractivity contribution in [3.05, 3.63) is 12.1 Å². The molecule has 13 heteroatoms. The average molecular weight is 464 g/mol. The lowest BCUT2D eigenvalue weighted by Crippen LogP contribution is -2.60. The van der Waals surface area contributed by atoms with Gasteiger partial charge >= 0.3 is 0 Å². The van der Waals surface area contributed by atoms with Crippen LogP contribution in [0.15, 0.2) is 12.1 Å². The topological polar surface area (TPSA) is 197 Å². The van der Waals surface area contributed by atoms with Crippen molar-refractivity contribution in [3.8, 4) is 23.0 Å². The molecule has 1 aromatic carbocycles. The Hall–Kier alpha value is -1.94. The Bertz CT molecular complexity index is 776. The third kappa shape index (κ3) is 4.71. The quantitative estimate of drug-likeness (QED) is 0.206. The number of aliphatic hydroxyl groups excluding tert-OH is 5. The van der Waals surface area contributed by atoms with Crippen molar-refractivity contribution in [3.63, 3.8) is 0 Å². The first-order chi connectivity index (χ1) is 15.1. The summed E-state index contributed by atoms with van der Waals surface area (Å²) in [7, 11) is 2.68. The van der Waals surface area contributed by atoms with Gasteiger partial charge in [-0.05, 0) is 0 Å². The molecular formula is C19H28O13. The van der Waals surface area contributed by atoms with Gasteiger partial charge in [-0.15, -0.1) is 0 Å². The van der Waals surface area contributed by atoms with Crippen LogP contribution in [0.5, 0.6) is 23.0 Å². The Morgan fingerprint density at radius 3 is 2.34 bits per heavy atom. The zero-order valence-electron chi connectivity index (χ0n) is 17.4. The van der Waals surface area contributed by atoms with Crippen LogP contribution in [0, 0.1) is 0 Å². The van der Waals surface area contributed by atoms with Gasteiger partial charge in [-0.2, -0.15) is 0 Å². The lowest BCUT2D eigenvalue weighted by Gasteiger charge is -2.40. The van der Waals surface area contributed by atoms with Gasteiger partial charge in [-0.3, -0.25) is 0 Å². The van der Waals surface area contributed by atoms with Gasteiger partial charge in [0.25, 0.3) is 0 Å². The monoisotopic (exact) mass is 464 g/mol. The molecule has 0 spiro atoms. The zero-order valence-corrected chi connectivity index (χ0v) is 17.4. The van der Waals surface area contributed by atoms with Crippen LogP contribution in [0.1, 0.15) is 0 Å². The summed E-state index contributed by atoms with van der Waals surface area (Å²) in [4.78, 5) is 0. The molecule has 3 rings (SSSR count). The third-order valence-electron chi connectivity index (χ3n) is 5.36. The number of benzene rings is 1. The van der Waals surface area contributed by atoms with Gasteiger partial charge < -0.3 is 64.2 Å². The van der Waals surface area contributed by atoms with Crippen molar-refractivity contribution in [2.75, 3.05) is 34.0 Å². The molecule has 2 fully saturated rings. The normalized spacial score (nSPS) is 37.3. The smallest absolute Gasteiger partial charge is 0.229 e. The zero-order chi connectivity index (χ0) is 23.6. The van der Waals surface area contributed by atoms with Gasteiger partial charge in [0.05, 0.1) is 34.0 Å². The molecule has 0 saturated carbocycles. The van der Waals surface area contributed by atoms with E-state index < -0.39 is 61.9 Å². The number of hydrogen-bond acceptors (Lipinski definition) is 13. The maximum absolute atomic E-state index is 10.3. The van der Waals surface area contributed by atoms with E-state index in [2.05, 4.69) is 0 Å². The minimum absolute atomic E-state index is 0.00927. The Morgan fingerprint density at radius 2 is 1.75 bits per heavy atom. The van der Waals surface area contributed by atoms with Crippen LogP contribution < -0.4 is 14.2 Å². The summed E-state index contributed by atoms with van der Waals surface area (Å²) in [6, 6.07) is 2.54. The molecule has 0 radical (unpaired) electrons. The van der Waals surface area contributed by atoms with E-state index in [-0.39, 0.29) is 29.6 Å². The first-order valence-electron chi connectivity index (χ1n) is 9.71. The van der Waals surface area contributed by atoms with E-state index in [1.165, 1.54) is 26.4 Å². The minimum Gasteiger partial charge on any atom is -0.504 e. The number of aromatic hydroxyl groups is 1. The molecule has 8 atom stereocenters. The maximum Gasteiger partial charge on any atom is 0.229 e. The van der Waals surface area contributed by atoms with Crippen molar-refractivity contribution >= 4 is 0 Å². The summed E-state index contributed by atoms with van der Waals surface area (Å²) in [6.45, 7) is -1.56. The number of phenols is 1. The summed E-state index contributed by atoms with van der Waals surface area (Å²) >= 11 is 0. The van der Waals surface area contributed by atoms with Gasteiger partial charge in [0.1, 0.15) is 41.9 Å². The maximum atomic E-state index is 10.3. The van der Waals surface area contributed by atoms with Gasteiger partial charge in [-0.1, -0.05) is 0 Å². The molecule has 0 aromatic heterocycles. The summed E-state index contributed by atoms with van der Waals surface area (Å²) in [5.74, 6) is -0.104. The second-order valence-electron chi connectivity index (χ2n) is 7.53. The van der Waals surface area contributed by atoms with Crippen LogP contribution in [-0.2, 0) is 14.2 Å². The van der Waals surface area contributed by atoms with Crippen LogP contribution in [0.25, 0.3) is 0 Å². The van der Waals surface area contributed by atoms with E-state index in [4.69, 9.17) is 28.4 Å². The molecule has 32 heavy (non-hydrogen) atoms. The van der Waals surface area contributed by atoms with Gasteiger partial charge in [0.15, 0.2) is 17.8 Å². The SMILES string of the molecule is COc1cc(OC2OC(COC3OCC(O)(CO)C3O)C(O)C(O)C2O)cc(O)c1OC. The van der Waals surface area contributed by atoms with Crippen molar-refractivity contribution in [1.29, 1.82) is 0 Å². The summed E-state index contributed by atoms with van der Waals surface area (Å²) < 4.78 is 31.6. The molecule has 8 unspecified atom stereocenters. The van der Waals surface area contributed by atoms with E-state index >= 15 is 0 Å². The summed E-state index contributed by atoms with van der Waals surface area (Å²) in [5, 5.41) is 70.0. The number of ether oxygens (including phenoxy) is 6. The second kappa shape index (κ2) is 9.91. The molecule has 2 aliphatic heterocycles. The van der Waals surface area contributed by atoms with Gasteiger partial charge in [-0.25, -0.2) is 0 Å². The third-order valence-corrected chi connectivity index (χ3v) is 5.36. The van der Waals surface area contributed by atoms with E-state index in [9.17, 15) is 35.7 Å². The predicted molar refractivity (Wildman–Crippen MR) is 102 cm³/mol. The van der Waals surface area contributed by atoms with Crippen molar-refractivity contribution in [2.45, 2.75) is 48.7 Å². The molecular weight excluding hydrogens is 436 g/mol. The Labute approximate surface area is 182 Å². The van der Waals surface area contributed by atoms with Crippen LogP contribution in [-0.4, -0.2) is 118 Å². The Kier molecular flexibility index (Phi) is 7.65. The summed E-state index contributed by atoms with van der Waals surface area (Å²) in [6.07, 6.45) is -10.5. The van der Waals surface area contributed by atoms with Crippen molar-refractivity contribution < 1.29 is 64.2 Å². The molecule has 2 aliphatic rings. The Morgan fingerprint density at radius 1 is 1.03 bits per heavy atom. The number of methoxy groups -OCH3 is 2.